The molecule has 1 saturated heterocycles. The van der Waals surface area contributed by atoms with Crippen molar-refractivity contribution in [1.82, 2.24) is 22.8 Å². The van der Waals surface area contributed by atoms with Gasteiger partial charge in [0.25, 0.3) is 10.0 Å². The number of nitriles is 1. The predicted molar refractivity (Wildman–Crippen MR) is 133 cm³/mol. The molecule has 1 aromatic carbocycles. The first-order valence-electron chi connectivity index (χ1n) is 11.7. The molecule has 0 N–H and O–H groups in total. The minimum atomic E-state index is -3.82. The van der Waals surface area contributed by atoms with Crippen LogP contribution in [0.2, 0.25) is 0 Å². The SMILES string of the molecule is Cc1ccc(S(=O)(=O)n2ccc3c2ncc2ncn([C@H]4C[C@@H](CS(=O)(=O)N5CC(C#N)C5)C4)c23)cc1. The number of nitrogens with zero attached hydrogens (tertiary/aromatic N) is 6. The van der Waals surface area contributed by atoms with E-state index in [0.717, 1.165) is 11.1 Å². The van der Waals surface area contributed by atoms with Gasteiger partial charge in [-0.3, -0.25) is 0 Å². The maximum Gasteiger partial charge on any atom is 0.269 e. The summed E-state index contributed by atoms with van der Waals surface area (Å²) in [6.07, 6.45) is 6.19. The molecule has 3 aromatic heterocycles. The van der Waals surface area contributed by atoms with Crippen LogP contribution in [0.3, 0.4) is 0 Å². The van der Waals surface area contributed by atoms with E-state index in [1.54, 1.807) is 42.9 Å². The molecule has 2 aliphatic rings. The van der Waals surface area contributed by atoms with Gasteiger partial charge in [-0.05, 0) is 43.9 Å². The van der Waals surface area contributed by atoms with Gasteiger partial charge >= 0.3 is 0 Å². The summed E-state index contributed by atoms with van der Waals surface area (Å²) in [7, 11) is -7.18. The van der Waals surface area contributed by atoms with Crippen LogP contribution in [0.15, 0.2) is 53.9 Å². The molecule has 36 heavy (non-hydrogen) atoms. The average Bonchev–Trinajstić information content (AvgIpc) is 3.39. The molecule has 0 atom stereocenters. The Hall–Kier alpha value is -3.27. The number of benzene rings is 1. The minimum absolute atomic E-state index is 0.0300. The van der Waals surface area contributed by atoms with Crippen LogP contribution in [0.4, 0.5) is 0 Å². The molecule has 4 heterocycles. The molecule has 0 bridgehead atoms. The number of rotatable bonds is 6. The molecule has 2 fully saturated rings. The van der Waals surface area contributed by atoms with Gasteiger partial charge in [-0.25, -0.2) is 30.8 Å². The number of fused-ring (bicyclic) bond motifs is 3. The highest BCUT2D eigenvalue weighted by Crippen LogP contribution is 2.42. The van der Waals surface area contributed by atoms with Gasteiger partial charge in [-0.2, -0.15) is 9.57 Å². The topological polar surface area (TPSA) is 131 Å². The van der Waals surface area contributed by atoms with E-state index in [1.165, 1.54) is 14.5 Å². The van der Waals surface area contributed by atoms with Gasteiger partial charge in [0.2, 0.25) is 10.0 Å². The van der Waals surface area contributed by atoms with Gasteiger partial charge < -0.3 is 4.57 Å². The normalized spacial score (nSPS) is 21.3. The first kappa shape index (κ1) is 23.1. The van der Waals surface area contributed by atoms with Crippen LogP contribution in [-0.4, -0.2) is 58.5 Å². The fraction of sp³-hybridized carbons (Fsp3) is 0.375. The summed E-state index contributed by atoms with van der Waals surface area (Å²) in [5.74, 6) is -0.0945. The zero-order valence-electron chi connectivity index (χ0n) is 19.5. The Kier molecular flexibility index (Phi) is 5.22. The Morgan fingerprint density at radius 3 is 2.47 bits per heavy atom. The molecule has 0 amide bonds. The number of pyridine rings is 1. The number of hydrogen-bond donors (Lipinski definition) is 0. The molecule has 4 aromatic rings. The van der Waals surface area contributed by atoms with Crippen LogP contribution in [0.1, 0.15) is 24.4 Å². The molecule has 1 saturated carbocycles. The van der Waals surface area contributed by atoms with E-state index in [1.807, 2.05) is 11.5 Å². The maximum atomic E-state index is 13.3. The van der Waals surface area contributed by atoms with Gasteiger partial charge in [-0.1, -0.05) is 17.7 Å². The van der Waals surface area contributed by atoms with Crippen molar-refractivity contribution in [1.29, 1.82) is 5.26 Å². The van der Waals surface area contributed by atoms with E-state index in [2.05, 4.69) is 16.0 Å². The second-order valence-electron chi connectivity index (χ2n) is 9.72. The third-order valence-corrected chi connectivity index (χ3v) is 10.9. The molecular weight excluding hydrogens is 500 g/mol. The monoisotopic (exact) mass is 524 g/mol. The maximum absolute atomic E-state index is 13.3. The minimum Gasteiger partial charge on any atom is -0.327 e. The first-order chi connectivity index (χ1) is 17.2. The van der Waals surface area contributed by atoms with E-state index in [-0.39, 0.29) is 41.6 Å². The van der Waals surface area contributed by atoms with Crippen LogP contribution in [0.25, 0.3) is 22.1 Å². The lowest BCUT2D eigenvalue weighted by Crippen LogP contribution is -2.51. The molecule has 1 aliphatic heterocycles. The lowest BCUT2D eigenvalue weighted by molar-refractivity contribution is 0.210. The van der Waals surface area contributed by atoms with E-state index in [9.17, 15) is 16.8 Å². The zero-order chi connectivity index (χ0) is 25.2. The predicted octanol–water partition coefficient (Wildman–Crippen LogP) is 2.67. The van der Waals surface area contributed by atoms with Crippen molar-refractivity contribution in [2.75, 3.05) is 18.8 Å². The molecule has 10 nitrogen and oxygen atoms in total. The van der Waals surface area contributed by atoms with Crippen LogP contribution in [-0.2, 0) is 20.0 Å². The standard InChI is InChI=1S/C24H24N6O4S2/c1-16-2-4-20(5-3-16)36(33,34)30-7-6-21-23-22(11-26-24(21)30)27-15-29(23)19-8-17(9-19)14-35(31,32)28-12-18(10-25)13-28/h2-7,11,15,17-19H,8-9,12-14H2,1H3/t17-,19+. The Morgan fingerprint density at radius 1 is 1.06 bits per heavy atom. The summed E-state index contributed by atoms with van der Waals surface area (Å²) in [6, 6.07) is 10.6. The Morgan fingerprint density at radius 2 is 1.78 bits per heavy atom. The largest absolute Gasteiger partial charge is 0.327 e. The van der Waals surface area contributed by atoms with Crippen molar-refractivity contribution in [3.63, 3.8) is 0 Å². The van der Waals surface area contributed by atoms with E-state index < -0.39 is 20.0 Å². The van der Waals surface area contributed by atoms with Crippen molar-refractivity contribution >= 4 is 42.1 Å². The highest BCUT2D eigenvalue weighted by Gasteiger charge is 2.41. The molecular formula is C24H24N6O4S2. The van der Waals surface area contributed by atoms with Crippen LogP contribution in [0.5, 0.6) is 0 Å². The van der Waals surface area contributed by atoms with Crippen molar-refractivity contribution in [2.45, 2.75) is 30.7 Å². The second-order valence-corrected chi connectivity index (χ2v) is 13.6. The van der Waals surface area contributed by atoms with Crippen molar-refractivity contribution in [3.8, 4) is 6.07 Å². The van der Waals surface area contributed by atoms with Crippen LogP contribution < -0.4 is 0 Å². The Labute approximate surface area is 208 Å². The number of aromatic nitrogens is 4. The molecule has 0 radical (unpaired) electrons. The first-order valence-corrected chi connectivity index (χ1v) is 14.7. The second kappa shape index (κ2) is 8.12. The molecule has 12 heteroatoms. The quantitative estimate of drug-likeness (QED) is 0.379. The highest BCUT2D eigenvalue weighted by molar-refractivity contribution is 7.90. The van der Waals surface area contributed by atoms with Crippen molar-refractivity contribution in [3.05, 3.63) is 54.6 Å². The fourth-order valence-electron chi connectivity index (χ4n) is 5.10. The van der Waals surface area contributed by atoms with Crippen LogP contribution in [0, 0.1) is 30.1 Å². The summed E-state index contributed by atoms with van der Waals surface area (Å²) in [5, 5.41) is 9.59. The van der Waals surface area contributed by atoms with Gasteiger partial charge in [0.05, 0.1) is 40.7 Å². The number of aryl methyl sites for hydroxylation is 1. The summed E-state index contributed by atoms with van der Waals surface area (Å²) >= 11 is 0. The van der Waals surface area contributed by atoms with E-state index >= 15 is 0 Å². The van der Waals surface area contributed by atoms with Gasteiger partial charge in [-0.15, -0.1) is 0 Å². The third-order valence-electron chi connectivity index (χ3n) is 7.26. The number of sulfonamides is 1. The zero-order valence-corrected chi connectivity index (χ0v) is 21.2. The van der Waals surface area contributed by atoms with Gasteiger partial charge in [0, 0.05) is 30.7 Å². The van der Waals surface area contributed by atoms with E-state index in [0.29, 0.717) is 29.4 Å². The molecule has 186 valence electrons. The fourth-order valence-corrected chi connectivity index (χ4v) is 8.29. The number of imidazole rings is 1. The van der Waals surface area contributed by atoms with Gasteiger partial charge in [0.1, 0.15) is 5.52 Å². The van der Waals surface area contributed by atoms with Crippen LogP contribution >= 0.6 is 0 Å². The average molecular weight is 525 g/mol. The van der Waals surface area contributed by atoms with Crippen molar-refractivity contribution in [2.24, 2.45) is 11.8 Å². The summed E-state index contributed by atoms with van der Waals surface area (Å²) in [6.45, 7) is 2.47. The molecule has 0 unspecified atom stereocenters. The Balaban J connectivity index is 1.27. The molecule has 6 rings (SSSR count). The lowest BCUT2D eigenvalue weighted by atomic mass is 9.81. The molecule has 1 aliphatic carbocycles. The summed E-state index contributed by atoms with van der Waals surface area (Å²) in [5.41, 5.74) is 2.75. The third kappa shape index (κ3) is 3.61. The summed E-state index contributed by atoms with van der Waals surface area (Å²) in [4.78, 5) is 9.06. The lowest BCUT2D eigenvalue weighted by Gasteiger charge is -2.40. The van der Waals surface area contributed by atoms with Gasteiger partial charge in [0.15, 0.2) is 5.65 Å². The van der Waals surface area contributed by atoms with Crippen molar-refractivity contribution < 1.29 is 16.8 Å². The highest BCUT2D eigenvalue weighted by atomic mass is 32.2. The summed E-state index contributed by atoms with van der Waals surface area (Å²) < 4.78 is 56.5. The number of hydrogen-bond acceptors (Lipinski definition) is 7. The smallest absolute Gasteiger partial charge is 0.269 e. The van der Waals surface area contributed by atoms with E-state index in [4.69, 9.17) is 5.26 Å². The molecule has 0 spiro atoms. The Bertz CT molecular complexity index is 1740.